The van der Waals surface area contributed by atoms with Crippen molar-refractivity contribution in [2.75, 3.05) is 13.2 Å². The Balaban J connectivity index is 1.80. The molecule has 1 amide bonds. The largest absolute Gasteiger partial charge is 0.376 e. The molecule has 0 aliphatic carbocycles. The third kappa shape index (κ3) is 2.42. The van der Waals surface area contributed by atoms with Crippen LogP contribution in [0.25, 0.3) is 5.65 Å². The molecule has 20 heavy (non-hydrogen) atoms. The smallest absolute Gasteiger partial charge is 0.270 e. The number of amides is 1. The Labute approximate surface area is 115 Å². The van der Waals surface area contributed by atoms with Gasteiger partial charge in [0.1, 0.15) is 11.2 Å². The molecule has 1 fully saturated rings. The summed E-state index contributed by atoms with van der Waals surface area (Å²) in [4.78, 5) is 28.4. The van der Waals surface area contributed by atoms with Crippen molar-refractivity contribution >= 4 is 11.6 Å². The van der Waals surface area contributed by atoms with Gasteiger partial charge in [0.25, 0.3) is 11.5 Å². The first kappa shape index (κ1) is 12.8. The highest BCUT2D eigenvalue weighted by molar-refractivity contribution is 5.93. The van der Waals surface area contributed by atoms with Crippen LogP contribution in [0.15, 0.2) is 35.4 Å². The van der Waals surface area contributed by atoms with Crippen molar-refractivity contribution in [2.24, 2.45) is 0 Å². The van der Waals surface area contributed by atoms with Crippen LogP contribution in [-0.2, 0) is 4.74 Å². The van der Waals surface area contributed by atoms with Gasteiger partial charge in [0, 0.05) is 25.5 Å². The summed E-state index contributed by atoms with van der Waals surface area (Å²) in [7, 11) is 0. The molecule has 3 heterocycles. The molecule has 6 nitrogen and oxygen atoms in total. The van der Waals surface area contributed by atoms with Crippen molar-refractivity contribution in [2.45, 2.75) is 18.9 Å². The number of carbonyl (C=O) groups is 1. The number of fused-ring (bicyclic) bond motifs is 1. The average molecular weight is 273 g/mol. The summed E-state index contributed by atoms with van der Waals surface area (Å²) in [6.07, 6.45) is 4.93. The zero-order valence-corrected chi connectivity index (χ0v) is 10.9. The van der Waals surface area contributed by atoms with Gasteiger partial charge in [-0.3, -0.25) is 14.0 Å². The van der Waals surface area contributed by atoms with E-state index in [1.807, 2.05) is 0 Å². The number of nitrogens with one attached hydrogen (secondary N) is 1. The predicted octanol–water partition coefficient (Wildman–Crippen LogP) is 0.603. The van der Waals surface area contributed by atoms with Crippen molar-refractivity contribution in [3.05, 3.63) is 46.5 Å². The molecule has 0 bridgehead atoms. The number of ether oxygens (including phenoxy) is 1. The Morgan fingerprint density at radius 3 is 3.20 bits per heavy atom. The Kier molecular flexibility index (Phi) is 3.47. The van der Waals surface area contributed by atoms with Gasteiger partial charge in [-0.05, 0) is 25.0 Å². The Bertz CT molecular complexity index is 689. The van der Waals surface area contributed by atoms with Crippen molar-refractivity contribution in [3.8, 4) is 0 Å². The summed E-state index contributed by atoms with van der Waals surface area (Å²) in [5.41, 5.74) is 0.209. The van der Waals surface area contributed by atoms with Crippen molar-refractivity contribution in [1.82, 2.24) is 14.7 Å². The molecule has 2 aromatic heterocycles. The number of rotatable bonds is 3. The third-order valence-electron chi connectivity index (χ3n) is 3.37. The monoisotopic (exact) mass is 273 g/mol. The van der Waals surface area contributed by atoms with Crippen molar-refractivity contribution in [1.29, 1.82) is 0 Å². The van der Waals surface area contributed by atoms with Crippen LogP contribution in [0, 0.1) is 0 Å². The Hall–Kier alpha value is -2.21. The molecule has 1 saturated heterocycles. The van der Waals surface area contributed by atoms with Crippen molar-refractivity contribution in [3.63, 3.8) is 0 Å². The number of nitrogens with zero attached hydrogens (tertiary/aromatic N) is 2. The molecule has 0 spiro atoms. The maximum atomic E-state index is 12.2. The first-order valence-corrected chi connectivity index (χ1v) is 6.62. The minimum Gasteiger partial charge on any atom is -0.376 e. The van der Waals surface area contributed by atoms with Crippen LogP contribution in [0.2, 0.25) is 0 Å². The number of hydrogen-bond acceptors (Lipinski definition) is 4. The molecule has 104 valence electrons. The first-order valence-electron chi connectivity index (χ1n) is 6.62. The molecule has 1 aliphatic heterocycles. The van der Waals surface area contributed by atoms with Gasteiger partial charge in [0.2, 0.25) is 0 Å². The number of pyridine rings is 1. The van der Waals surface area contributed by atoms with Crippen LogP contribution < -0.4 is 10.9 Å². The lowest BCUT2D eigenvalue weighted by Gasteiger charge is -2.10. The van der Waals surface area contributed by atoms with E-state index in [1.165, 1.54) is 10.6 Å². The Morgan fingerprint density at radius 1 is 1.50 bits per heavy atom. The van der Waals surface area contributed by atoms with Crippen LogP contribution in [0.3, 0.4) is 0 Å². The number of hydrogen-bond donors (Lipinski definition) is 1. The van der Waals surface area contributed by atoms with Gasteiger partial charge in [0.05, 0.1) is 6.10 Å². The van der Waals surface area contributed by atoms with Gasteiger partial charge in [-0.2, -0.15) is 0 Å². The summed E-state index contributed by atoms with van der Waals surface area (Å²) in [5, 5.41) is 2.73. The highest BCUT2D eigenvalue weighted by atomic mass is 16.5. The zero-order valence-electron chi connectivity index (χ0n) is 10.9. The van der Waals surface area contributed by atoms with E-state index in [9.17, 15) is 9.59 Å². The van der Waals surface area contributed by atoms with E-state index in [1.54, 1.807) is 24.4 Å². The average Bonchev–Trinajstić information content (AvgIpc) is 2.99. The standard InChI is InChI=1S/C14H15N3O3/c18-13(16-8-10-4-3-7-20-10)11-9-15-12-5-1-2-6-17(12)14(11)19/h1-2,5-6,9-10H,3-4,7-8H2,(H,16,18). The molecule has 0 aromatic carbocycles. The molecule has 1 unspecified atom stereocenters. The molecule has 0 radical (unpaired) electrons. The minimum atomic E-state index is -0.406. The topological polar surface area (TPSA) is 72.7 Å². The van der Waals surface area contributed by atoms with Crippen LogP contribution in [-0.4, -0.2) is 34.5 Å². The fourth-order valence-electron chi connectivity index (χ4n) is 2.29. The van der Waals surface area contributed by atoms with E-state index in [-0.39, 0.29) is 17.2 Å². The SMILES string of the molecule is O=C(NCC1CCCO1)c1cnc2ccccn2c1=O. The number of aromatic nitrogens is 2. The predicted molar refractivity (Wildman–Crippen MR) is 72.8 cm³/mol. The van der Waals surface area contributed by atoms with Gasteiger partial charge in [-0.1, -0.05) is 6.07 Å². The van der Waals surface area contributed by atoms with Gasteiger partial charge in [-0.25, -0.2) is 4.98 Å². The maximum Gasteiger partial charge on any atom is 0.270 e. The van der Waals surface area contributed by atoms with Gasteiger partial charge in [-0.15, -0.1) is 0 Å². The maximum absolute atomic E-state index is 12.2. The van der Waals surface area contributed by atoms with Gasteiger partial charge in [0.15, 0.2) is 0 Å². The second kappa shape index (κ2) is 5.42. The van der Waals surface area contributed by atoms with E-state index in [0.717, 1.165) is 19.4 Å². The molecular weight excluding hydrogens is 258 g/mol. The normalized spacial score (nSPS) is 18.3. The summed E-state index contributed by atoms with van der Waals surface area (Å²) in [5.74, 6) is -0.406. The summed E-state index contributed by atoms with van der Waals surface area (Å²) in [6, 6.07) is 5.23. The fourth-order valence-corrected chi connectivity index (χ4v) is 2.29. The zero-order chi connectivity index (χ0) is 13.9. The van der Waals surface area contributed by atoms with Crippen LogP contribution in [0.1, 0.15) is 23.2 Å². The fraction of sp³-hybridized carbons (Fsp3) is 0.357. The highest BCUT2D eigenvalue weighted by Gasteiger charge is 2.18. The lowest BCUT2D eigenvalue weighted by Crippen LogP contribution is -2.36. The van der Waals surface area contributed by atoms with Gasteiger partial charge >= 0.3 is 0 Å². The lowest BCUT2D eigenvalue weighted by atomic mass is 10.2. The molecule has 1 N–H and O–H groups in total. The molecule has 0 saturated carbocycles. The van der Waals surface area contributed by atoms with E-state index in [0.29, 0.717) is 12.2 Å². The molecule has 2 aromatic rings. The number of carbonyl (C=O) groups excluding carboxylic acids is 1. The Morgan fingerprint density at radius 2 is 2.40 bits per heavy atom. The summed E-state index contributed by atoms with van der Waals surface area (Å²) < 4.78 is 6.79. The second-order valence-electron chi connectivity index (χ2n) is 4.75. The third-order valence-corrected chi connectivity index (χ3v) is 3.37. The van der Waals surface area contributed by atoms with Crippen molar-refractivity contribution < 1.29 is 9.53 Å². The van der Waals surface area contributed by atoms with E-state index >= 15 is 0 Å². The second-order valence-corrected chi connectivity index (χ2v) is 4.75. The highest BCUT2D eigenvalue weighted by Crippen LogP contribution is 2.10. The summed E-state index contributed by atoms with van der Waals surface area (Å²) in [6.45, 7) is 1.16. The molecule has 1 atom stereocenters. The van der Waals surface area contributed by atoms with E-state index < -0.39 is 5.91 Å². The molecular formula is C14H15N3O3. The van der Waals surface area contributed by atoms with Crippen LogP contribution >= 0.6 is 0 Å². The van der Waals surface area contributed by atoms with E-state index in [4.69, 9.17) is 4.74 Å². The first-order chi connectivity index (χ1) is 9.75. The quantitative estimate of drug-likeness (QED) is 0.889. The summed E-state index contributed by atoms with van der Waals surface area (Å²) >= 11 is 0. The van der Waals surface area contributed by atoms with Crippen LogP contribution in [0.4, 0.5) is 0 Å². The lowest BCUT2D eigenvalue weighted by molar-refractivity contribution is 0.0856. The molecule has 6 heteroatoms. The van der Waals surface area contributed by atoms with Gasteiger partial charge < -0.3 is 10.1 Å². The molecule has 3 rings (SSSR count). The van der Waals surface area contributed by atoms with E-state index in [2.05, 4.69) is 10.3 Å². The van der Waals surface area contributed by atoms with Crippen LogP contribution in [0.5, 0.6) is 0 Å². The molecule has 1 aliphatic rings. The minimum absolute atomic E-state index is 0.0479.